The van der Waals surface area contributed by atoms with Crippen LogP contribution in [-0.2, 0) is 16.1 Å². The summed E-state index contributed by atoms with van der Waals surface area (Å²) in [5.74, 6) is -2.03. The number of hydrogen-bond acceptors (Lipinski definition) is 2. The molecule has 2 rings (SSSR count). The zero-order valence-electron chi connectivity index (χ0n) is 11.8. The summed E-state index contributed by atoms with van der Waals surface area (Å²) in [4.78, 5) is 23.5. The van der Waals surface area contributed by atoms with Gasteiger partial charge in [-0.25, -0.2) is 4.39 Å². The maximum atomic E-state index is 13.4. The normalized spacial score (nSPS) is 10.1. The van der Waals surface area contributed by atoms with Crippen LogP contribution in [0.1, 0.15) is 11.1 Å². The van der Waals surface area contributed by atoms with E-state index in [1.807, 2.05) is 6.92 Å². The molecule has 6 heteroatoms. The summed E-state index contributed by atoms with van der Waals surface area (Å²) in [5.41, 5.74) is 1.78. The van der Waals surface area contributed by atoms with E-state index in [4.69, 9.17) is 0 Å². The van der Waals surface area contributed by atoms with Crippen LogP contribution < -0.4 is 10.6 Å². The second-order valence-corrected chi connectivity index (χ2v) is 5.55. The number of benzene rings is 2. The number of carbonyl (C=O) groups excluding carboxylic acids is 2. The van der Waals surface area contributed by atoms with Gasteiger partial charge in [-0.1, -0.05) is 34.1 Å². The standard InChI is InChI=1S/C16H14BrFN2O2/c1-10-8-12(6-7-13(10)17)20-16(22)15(21)19-9-11-4-2-3-5-14(11)18/h2-8H,9H2,1H3,(H,19,21)(H,20,22). The van der Waals surface area contributed by atoms with Crippen molar-refractivity contribution in [3.05, 3.63) is 63.9 Å². The Labute approximate surface area is 135 Å². The number of anilines is 1. The summed E-state index contributed by atoms with van der Waals surface area (Å²) in [7, 11) is 0. The Balaban J connectivity index is 1.93. The molecule has 0 aromatic heterocycles. The van der Waals surface area contributed by atoms with Gasteiger partial charge in [0, 0.05) is 22.3 Å². The molecule has 0 saturated heterocycles. The summed E-state index contributed by atoms with van der Waals surface area (Å²) in [6.45, 7) is 1.83. The van der Waals surface area contributed by atoms with Crippen LogP contribution in [0, 0.1) is 12.7 Å². The topological polar surface area (TPSA) is 58.2 Å². The van der Waals surface area contributed by atoms with E-state index in [-0.39, 0.29) is 6.54 Å². The van der Waals surface area contributed by atoms with E-state index < -0.39 is 17.6 Å². The van der Waals surface area contributed by atoms with Crippen molar-refractivity contribution >= 4 is 33.4 Å². The third-order valence-corrected chi connectivity index (χ3v) is 3.91. The summed E-state index contributed by atoms with van der Waals surface area (Å²) in [6, 6.07) is 11.3. The smallest absolute Gasteiger partial charge is 0.313 e. The van der Waals surface area contributed by atoms with Crippen molar-refractivity contribution in [2.75, 3.05) is 5.32 Å². The third kappa shape index (κ3) is 4.14. The van der Waals surface area contributed by atoms with E-state index in [0.717, 1.165) is 10.0 Å². The average Bonchev–Trinajstić information content (AvgIpc) is 2.50. The lowest BCUT2D eigenvalue weighted by Gasteiger charge is -2.08. The van der Waals surface area contributed by atoms with Crippen LogP contribution in [-0.4, -0.2) is 11.8 Å². The average molecular weight is 365 g/mol. The molecule has 0 heterocycles. The molecule has 4 nitrogen and oxygen atoms in total. The lowest BCUT2D eigenvalue weighted by Crippen LogP contribution is -2.35. The Hall–Kier alpha value is -2.21. The predicted molar refractivity (Wildman–Crippen MR) is 85.8 cm³/mol. The molecule has 0 bridgehead atoms. The highest BCUT2D eigenvalue weighted by Crippen LogP contribution is 2.19. The highest BCUT2D eigenvalue weighted by Gasteiger charge is 2.14. The van der Waals surface area contributed by atoms with Gasteiger partial charge < -0.3 is 10.6 Å². The van der Waals surface area contributed by atoms with E-state index in [0.29, 0.717) is 11.3 Å². The maximum absolute atomic E-state index is 13.4. The van der Waals surface area contributed by atoms with Crippen molar-refractivity contribution in [3.63, 3.8) is 0 Å². The summed E-state index contributed by atoms with van der Waals surface area (Å²) in [6.07, 6.45) is 0. The third-order valence-electron chi connectivity index (χ3n) is 3.02. The molecule has 0 spiro atoms. The maximum Gasteiger partial charge on any atom is 0.313 e. The molecule has 2 aromatic carbocycles. The fourth-order valence-corrected chi connectivity index (χ4v) is 2.05. The number of nitrogens with one attached hydrogen (secondary N) is 2. The van der Waals surface area contributed by atoms with Crippen LogP contribution in [0.15, 0.2) is 46.9 Å². The minimum Gasteiger partial charge on any atom is -0.344 e. The molecule has 0 saturated carbocycles. The SMILES string of the molecule is Cc1cc(NC(=O)C(=O)NCc2ccccc2F)ccc1Br. The van der Waals surface area contributed by atoms with Crippen molar-refractivity contribution in [1.29, 1.82) is 0 Å². The van der Waals surface area contributed by atoms with Gasteiger partial charge in [-0.2, -0.15) is 0 Å². The van der Waals surface area contributed by atoms with Crippen LogP contribution in [0.3, 0.4) is 0 Å². The van der Waals surface area contributed by atoms with Crippen LogP contribution in [0.2, 0.25) is 0 Å². The van der Waals surface area contributed by atoms with E-state index in [1.54, 1.807) is 36.4 Å². The molecular formula is C16H14BrFN2O2. The first-order chi connectivity index (χ1) is 10.5. The van der Waals surface area contributed by atoms with E-state index in [9.17, 15) is 14.0 Å². The molecule has 2 N–H and O–H groups in total. The first kappa shape index (κ1) is 16.2. The van der Waals surface area contributed by atoms with Crippen molar-refractivity contribution in [2.45, 2.75) is 13.5 Å². The number of hydrogen-bond donors (Lipinski definition) is 2. The second-order valence-electron chi connectivity index (χ2n) is 4.69. The van der Waals surface area contributed by atoms with Gasteiger partial charge in [-0.15, -0.1) is 0 Å². The van der Waals surface area contributed by atoms with E-state index in [1.165, 1.54) is 6.07 Å². The van der Waals surface area contributed by atoms with Crippen LogP contribution in [0.5, 0.6) is 0 Å². The summed E-state index contributed by atoms with van der Waals surface area (Å²) < 4.78 is 14.3. The molecule has 0 unspecified atom stereocenters. The summed E-state index contributed by atoms with van der Waals surface area (Å²) >= 11 is 3.35. The highest BCUT2D eigenvalue weighted by atomic mass is 79.9. The molecule has 2 amide bonds. The fraction of sp³-hybridized carbons (Fsp3) is 0.125. The first-order valence-electron chi connectivity index (χ1n) is 6.56. The predicted octanol–water partition coefficient (Wildman–Crippen LogP) is 3.15. The van der Waals surface area contributed by atoms with Crippen molar-refractivity contribution in [2.24, 2.45) is 0 Å². The van der Waals surface area contributed by atoms with Crippen molar-refractivity contribution in [3.8, 4) is 0 Å². The van der Waals surface area contributed by atoms with Gasteiger partial charge in [0.05, 0.1) is 0 Å². The zero-order valence-corrected chi connectivity index (χ0v) is 13.4. The second kappa shape index (κ2) is 7.17. The van der Waals surface area contributed by atoms with Gasteiger partial charge >= 0.3 is 11.8 Å². The molecular weight excluding hydrogens is 351 g/mol. The van der Waals surface area contributed by atoms with Gasteiger partial charge in [-0.05, 0) is 36.8 Å². The first-order valence-corrected chi connectivity index (χ1v) is 7.35. The van der Waals surface area contributed by atoms with Gasteiger partial charge in [0.15, 0.2) is 0 Å². The zero-order chi connectivity index (χ0) is 16.1. The number of carbonyl (C=O) groups is 2. The lowest BCUT2D eigenvalue weighted by molar-refractivity contribution is -0.136. The number of halogens is 2. The van der Waals surface area contributed by atoms with Crippen molar-refractivity contribution in [1.82, 2.24) is 5.32 Å². The number of amides is 2. The Bertz CT molecular complexity index is 719. The molecule has 0 aliphatic heterocycles. The van der Waals surface area contributed by atoms with E-state index >= 15 is 0 Å². The minimum absolute atomic E-state index is 0.0434. The Kier molecular flexibility index (Phi) is 5.27. The van der Waals surface area contributed by atoms with Crippen LogP contribution >= 0.6 is 15.9 Å². The Morgan fingerprint density at radius 2 is 1.86 bits per heavy atom. The fourth-order valence-electron chi connectivity index (χ4n) is 1.81. The lowest BCUT2D eigenvalue weighted by atomic mass is 10.2. The van der Waals surface area contributed by atoms with Crippen molar-refractivity contribution < 1.29 is 14.0 Å². The largest absolute Gasteiger partial charge is 0.344 e. The van der Waals surface area contributed by atoms with Gasteiger partial charge in [0.2, 0.25) is 0 Å². The molecule has 0 aliphatic carbocycles. The van der Waals surface area contributed by atoms with E-state index in [2.05, 4.69) is 26.6 Å². The number of aryl methyl sites for hydroxylation is 1. The molecule has 0 fully saturated rings. The Morgan fingerprint density at radius 3 is 2.55 bits per heavy atom. The summed E-state index contributed by atoms with van der Waals surface area (Å²) in [5, 5.41) is 4.88. The molecule has 0 radical (unpaired) electrons. The molecule has 0 atom stereocenters. The number of rotatable bonds is 3. The Morgan fingerprint density at radius 1 is 1.14 bits per heavy atom. The molecule has 114 valence electrons. The molecule has 22 heavy (non-hydrogen) atoms. The van der Waals surface area contributed by atoms with Gasteiger partial charge in [0.1, 0.15) is 5.82 Å². The van der Waals surface area contributed by atoms with Gasteiger partial charge in [0.25, 0.3) is 0 Å². The minimum atomic E-state index is -0.816. The molecule has 2 aromatic rings. The highest BCUT2D eigenvalue weighted by molar-refractivity contribution is 9.10. The quantitative estimate of drug-likeness (QED) is 0.821. The molecule has 0 aliphatic rings. The monoisotopic (exact) mass is 364 g/mol. The van der Waals surface area contributed by atoms with Gasteiger partial charge in [-0.3, -0.25) is 9.59 Å². The van der Waals surface area contributed by atoms with Crippen LogP contribution in [0.25, 0.3) is 0 Å². The van der Waals surface area contributed by atoms with Crippen LogP contribution in [0.4, 0.5) is 10.1 Å².